The van der Waals surface area contributed by atoms with Gasteiger partial charge in [-0.25, -0.2) is 4.79 Å². The molecule has 146 valence electrons. The molecule has 28 heavy (non-hydrogen) atoms. The summed E-state index contributed by atoms with van der Waals surface area (Å²) in [6, 6.07) is 11.9. The number of carbonyl (C=O) groups excluding carboxylic acids is 1. The lowest BCUT2D eigenvalue weighted by atomic mass is 10.1. The van der Waals surface area contributed by atoms with Crippen LogP contribution < -0.4 is 15.6 Å². The first kappa shape index (κ1) is 19.7. The van der Waals surface area contributed by atoms with Crippen LogP contribution in [0.4, 0.5) is 18.9 Å². The summed E-state index contributed by atoms with van der Waals surface area (Å²) in [5.41, 5.74) is -0.333. The first-order valence-electron chi connectivity index (χ1n) is 8.05. The van der Waals surface area contributed by atoms with Crippen molar-refractivity contribution in [3.8, 4) is 5.69 Å². The maximum Gasteiger partial charge on any atom is 0.442 e. The number of aryl methyl sites for hydroxylation is 1. The average molecular weight is 410 g/mol. The highest BCUT2D eigenvalue weighted by Gasteiger charge is 2.33. The molecule has 1 amide bonds. The molecule has 3 aromatic rings. The summed E-state index contributed by atoms with van der Waals surface area (Å²) >= 11 is 0.852. The van der Waals surface area contributed by atoms with Crippen molar-refractivity contribution in [1.29, 1.82) is 0 Å². The van der Waals surface area contributed by atoms with Gasteiger partial charge in [0.1, 0.15) is 0 Å². The quantitative estimate of drug-likeness (QED) is 0.500. The van der Waals surface area contributed by atoms with Crippen LogP contribution in [0.2, 0.25) is 0 Å². The molecule has 0 aliphatic heterocycles. The normalized spacial score (nSPS) is 11.4. The Kier molecular flexibility index (Phi) is 5.59. The number of carbonyl (C=O) groups is 1. The minimum Gasteiger partial charge on any atom is -0.325 e. The Morgan fingerprint density at radius 1 is 1.18 bits per heavy atom. The van der Waals surface area contributed by atoms with Gasteiger partial charge >= 0.3 is 16.8 Å². The van der Waals surface area contributed by atoms with E-state index in [0.29, 0.717) is 5.69 Å². The van der Waals surface area contributed by atoms with E-state index in [1.807, 2.05) is 19.1 Å². The third kappa shape index (κ3) is 4.45. The van der Waals surface area contributed by atoms with Crippen LogP contribution in [0.1, 0.15) is 11.1 Å². The molecule has 0 radical (unpaired) electrons. The number of amides is 1. The Balaban J connectivity index is 1.74. The van der Waals surface area contributed by atoms with Crippen molar-refractivity contribution < 1.29 is 27.2 Å². The molecule has 0 bridgehead atoms. The van der Waals surface area contributed by atoms with Gasteiger partial charge in [-0.2, -0.15) is 13.2 Å². The smallest absolute Gasteiger partial charge is 0.325 e. The fourth-order valence-corrected chi connectivity index (χ4v) is 3.18. The number of nitrogens with one attached hydrogen (secondary N) is 2. The summed E-state index contributed by atoms with van der Waals surface area (Å²) in [4.78, 5) is 24.1. The lowest BCUT2D eigenvalue weighted by Crippen LogP contribution is -2.36. The fourth-order valence-electron chi connectivity index (χ4n) is 2.41. The van der Waals surface area contributed by atoms with Crippen molar-refractivity contribution in [3.63, 3.8) is 0 Å². The SMILES string of the molecule is Cc1ccc(-[n+]2[nH]oc(=O)c2SCC(=O)Nc2ccccc2C(F)(F)F)cc1. The molecule has 0 saturated carbocycles. The van der Waals surface area contributed by atoms with E-state index in [1.165, 1.54) is 22.9 Å². The summed E-state index contributed by atoms with van der Waals surface area (Å²) in [6.07, 6.45) is -4.59. The number of alkyl halides is 3. The van der Waals surface area contributed by atoms with Gasteiger partial charge in [0.2, 0.25) is 11.6 Å². The molecule has 3 rings (SSSR count). The van der Waals surface area contributed by atoms with E-state index in [4.69, 9.17) is 4.52 Å². The van der Waals surface area contributed by atoms with Crippen LogP contribution in [0.25, 0.3) is 5.69 Å². The van der Waals surface area contributed by atoms with Crippen molar-refractivity contribution in [1.82, 2.24) is 5.27 Å². The van der Waals surface area contributed by atoms with Crippen molar-refractivity contribution in [3.05, 3.63) is 70.1 Å². The number of benzene rings is 2. The second-order valence-electron chi connectivity index (χ2n) is 5.84. The maximum absolute atomic E-state index is 13.0. The lowest BCUT2D eigenvalue weighted by molar-refractivity contribution is -0.704. The highest BCUT2D eigenvalue weighted by molar-refractivity contribution is 7.99. The van der Waals surface area contributed by atoms with Gasteiger partial charge in [0.15, 0.2) is 0 Å². The minimum atomic E-state index is -4.59. The minimum absolute atomic E-state index is 0.100. The average Bonchev–Trinajstić information content (AvgIpc) is 3.01. The van der Waals surface area contributed by atoms with Crippen LogP contribution in [0.5, 0.6) is 0 Å². The number of hydrogen-bond acceptors (Lipinski definition) is 4. The zero-order valence-electron chi connectivity index (χ0n) is 14.5. The predicted molar refractivity (Wildman–Crippen MR) is 96.4 cm³/mol. The molecule has 1 aromatic heterocycles. The molecule has 0 saturated heterocycles. The number of hydrogen-bond donors (Lipinski definition) is 2. The fraction of sp³-hybridized carbons (Fsp3) is 0.167. The Labute approximate surface area is 161 Å². The molecule has 1 heterocycles. The molecule has 0 aliphatic carbocycles. The summed E-state index contributed by atoms with van der Waals surface area (Å²) in [6.45, 7) is 1.91. The number of aromatic nitrogens is 2. The molecule has 2 aromatic carbocycles. The highest BCUT2D eigenvalue weighted by atomic mass is 32.2. The zero-order valence-corrected chi connectivity index (χ0v) is 15.4. The Bertz CT molecular complexity index is 1040. The summed E-state index contributed by atoms with van der Waals surface area (Å²) < 4.78 is 45.2. The Morgan fingerprint density at radius 2 is 1.86 bits per heavy atom. The van der Waals surface area contributed by atoms with Gasteiger partial charge in [0.05, 0.1) is 17.0 Å². The van der Waals surface area contributed by atoms with E-state index < -0.39 is 23.3 Å². The van der Waals surface area contributed by atoms with Crippen LogP contribution >= 0.6 is 11.8 Å². The van der Waals surface area contributed by atoms with Crippen LogP contribution in [0.3, 0.4) is 0 Å². The third-order valence-electron chi connectivity index (χ3n) is 3.75. The molecular formula is C18H15F3N3O3S+. The number of nitrogens with zero attached hydrogens (tertiary/aromatic N) is 1. The second-order valence-corrected chi connectivity index (χ2v) is 6.80. The van der Waals surface area contributed by atoms with Crippen LogP contribution in [-0.4, -0.2) is 16.9 Å². The summed E-state index contributed by atoms with van der Waals surface area (Å²) in [5, 5.41) is 4.77. The molecule has 0 atom stereocenters. The number of H-pyrrole nitrogens is 1. The molecule has 10 heteroatoms. The summed E-state index contributed by atoms with van der Waals surface area (Å²) in [5.74, 6) is -0.960. The molecule has 0 spiro atoms. The number of halogens is 3. The van der Waals surface area contributed by atoms with E-state index in [2.05, 4.69) is 10.6 Å². The predicted octanol–water partition coefficient (Wildman–Crippen LogP) is 3.30. The number of rotatable bonds is 5. The zero-order chi connectivity index (χ0) is 20.3. The maximum atomic E-state index is 13.0. The monoisotopic (exact) mass is 410 g/mol. The largest absolute Gasteiger partial charge is 0.442 e. The molecule has 2 N–H and O–H groups in total. The number of anilines is 1. The van der Waals surface area contributed by atoms with E-state index >= 15 is 0 Å². The standard InChI is InChI=1S/C18H14F3N3O3S/c1-11-6-8-12(9-7-11)24-16(17(26)27-23-24)28-10-15(25)22-14-5-3-2-4-13(14)18(19,20)21/h2-9H,10H2,1H3,(H-,22,23,25,26)/p+1. The van der Waals surface area contributed by atoms with Gasteiger partial charge in [0.25, 0.3) is 0 Å². The van der Waals surface area contributed by atoms with Crippen molar-refractivity contribution in [2.24, 2.45) is 0 Å². The van der Waals surface area contributed by atoms with Crippen LogP contribution in [-0.2, 0) is 11.0 Å². The van der Waals surface area contributed by atoms with Crippen molar-refractivity contribution in [2.75, 3.05) is 11.1 Å². The molecule has 6 nitrogen and oxygen atoms in total. The van der Waals surface area contributed by atoms with Gasteiger partial charge < -0.3 is 5.32 Å². The first-order valence-corrected chi connectivity index (χ1v) is 9.03. The number of para-hydroxylation sites is 1. The van der Waals surface area contributed by atoms with Crippen molar-refractivity contribution >= 4 is 23.4 Å². The molecule has 0 unspecified atom stereocenters. The third-order valence-corrected chi connectivity index (χ3v) is 4.78. The van der Waals surface area contributed by atoms with Gasteiger partial charge in [0, 0.05) is 12.1 Å². The number of aromatic amines is 1. The van der Waals surface area contributed by atoms with Gasteiger partial charge in [-0.05, 0) is 40.8 Å². The van der Waals surface area contributed by atoms with Gasteiger partial charge in [-0.3, -0.25) is 9.32 Å². The number of thioether (sulfide) groups is 1. The van der Waals surface area contributed by atoms with Gasteiger partial charge in [-0.15, -0.1) is 0 Å². The summed E-state index contributed by atoms with van der Waals surface area (Å²) in [7, 11) is 0. The van der Waals surface area contributed by atoms with Crippen LogP contribution in [0, 0.1) is 6.92 Å². The van der Waals surface area contributed by atoms with E-state index in [-0.39, 0.29) is 16.5 Å². The van der Waals surface area contributed by atoms with E-state index in [9.17, 15) is 22.8 Å². The van der Waals surface area contributed by atoms with Crippen LogP contribution in [0.15, 0.2) is 62.9 Å². The molecule has 0 aliphatic rings. The molecular weight excluding hydrogens is 395 g/mol. The highest BCUT2D eigenvalue weighted by Crippen LogP contribution is 2.34. The lowest BCUT2D eigenvalue weighted by Gasteiger charge is -2.12. The Morgan fingerprint density at radius 3 is 2.54 bits per heavy atom. The Hall–Kier alpha value is -3.01. The second kappa shape index (κ2) is 7.93. The van der Waals surface area contributed by atoms with Gasteiger partial charge in [-0.1, -0.05) is 29.8 Å². The topological polar surface area (TPSA) is 79.0 Å². The van der Waals surface area contributed by atoms with E-state index in [0.717, 1.165) is 23.4 Å². The first-order chi connectivity index (χ1) is 13.3. The molecule has 0 fully saturated rings. The van der Waals surface area contributed by atoms with Crippen molar-refractivity contribution in [2.45, 2.75) is 18.1 Å². The van der Waals surface area contributed by atoms with E-state index in [1.54, 1.807) is 12.1 Å².